The zero-order chi connectivity index (χ0) is 38.1. The lowest BCUT2D eigenvalue weighted by atomic mass is 9.46. The van der Waals surface area contributed by atoms with Crippen molar-refractivity contribution in [3.8, 4) is 0 Å². The highest BCUT2D eigenvalue weighted by molar-refractivity contribution is 5.90. The second-order valence-electron chi connectivity index (χ2n) is 20.9. The molecule has 8 rings (SSSR count). The smallest absolute Gasteiger partial charge is 0.410 e. The van der Waals surface area contributed by atoms with Gasteiger partial charge in [-0.2, -0.15) is 0 Å². The lowest BCUT2D eigenvalue weighted by molar-refractivity contribution is -0.250. The summed E-state index contributed by atoms with van der Waals surface area (Å²) in [4.78, 5) is 43.4. The predicted molar refractivity (Wildman–Crippen MR) is 198 cm³/mol. The molecule has 0 radical (unpaired) electrons. The summed E-state index contributed by atoms with van der Waals surface area (Å²) in [6, 6.07) is 0.300. The number of Topliss-reactive ketones (excluding diaryl/α,β-unsaturated/α-hetero) is 1. The van der Waals surface area contributed by atoms with Crippen LogP contribution in [0.25, 0.3) is 0 Å². The van der Waals surface area contributed by atoms with Crippen LogP contribution in [0.15, 0.2) is 0 Å². The van der Waals surface area contributed by atoms with Crippen LogP contribution in [0.5, 0.6) is 0 Å². The third-order valence-corrected chi connectivity index (χ3v) is 16.1. The van der Waals surface area contributed by atoms with Crippen molar-refractivity contribution in [1.29, 1.82) is 0 Å². The molecule has 5 saturated carbocycles. The van der Waals surface area contributed by atoms with Gasteiger partial charge >= 0.3 is 12.1 Å². The number of carbonyl (C=O) groups is 3. The van der Waals surface area contributed by atoms with E-state index in [1.165, 1.54) is 19.8 Å². The molecule has 300 valence electrons. The van der Waals surface area contributed by atoms with E-state index in [1.807, 2.05) is 20.8 Å². The Morgan fingerprint density at radius 1 is 0.943 bits per heavy atom. The van der Waals surface area contributed by atoms with Gasteiger partial charge in [0.2, 0.25) is 0 Å². The van der Waals surface area contributed by atoms with E-state index in [1.54, 1.807) is 18.7 Å². The molecule has 53 heavy (non-hydrogen) atoms. The number of nitrogens with zero attached hydrogens (tertiary/aromatic N) is 2. The molecule has 0 aromatic heterocycles. The van der Waals surface area contributed by atoms with Crippen molar-refractivity contribution in [2.45, 2.75) is 168 Å². The quantitative estimate of drug-likeness (QED) is 0.325. The fourth-order valence-corrected chi connectivity index (χ4v) is 13.7. The van der Waals surface area contributed by atoms with E-state index >= 15 is 0 Å². The van der Waals surface area contributed by atoms with Gasteiger partial charge in [-0.25, -0.2) is 4.79 Å². The van der Waals surface area contributed by atoms with E-state index in [2.05, 4.69) is 25.7 Å². The monoisotopic (exact) mass is 744 g/mol. The average molecular weight is 745 g/mol. The molecule has 11 nitrogen and oxygen atoms in total. The number of amides is 1. The zero-order valence-electron chi connectivity index (χ0n) is 33.8. The van der Waals surface area contributed by atoms with Crippen LogP contribution in [0, 0.1) is 45.3 Å². The molecule has 3 aliphatic heterocycles. The Kier molecular flexibility index (Phi) is 9.06. The van der Waals surface area contributed by atoms with Crippen molar-refractivity contribution in [3.63, 3.8) is 0 Å². The molecular formula is C42H68N2O9. The van der Waals surface area contributed by atoms with Gasteiger partial charge in [-0.1, -0.05) is 20.8 Å². The van der Waals surface area contributed by atoms with Crippen LogP contribution in [-0.2, 0) is 33.3 Å². The van der Waals surface area contributed by atoms with Crippen LogP contribution in [0.4, 0.5) is 4.79 Å². The fourth-order valence-electron chi connectivity index (χ4n) is 13.7. The van der Waals surface area contributed by atoms with Gasteiger partial charge in [0.15, 0.2) is 18.2 Å². The second-order valence-corrected chi connectivity index (χ2v) is 20.9. The van der Waals surface area contributed by atoms with Crippen molar-refractivity contribution >= 4 is 17.8 Å². The summed E-state index contributed by atoms with van der Waals surface area (Å²) in [6.07, 6.45) is 7.10. The number of ether oxygens (including phenoxy) is 5. The molecule has 2 spiro atoms. The van der Waals surface area contributed by atoms with Gasteiger partial charge in [0.1, 0.15) is 11.7 Å². The van der Waals surface area contributed by atoms with Gasteiger partial charge in [-0.3, -0.25) is 14.5 Å². The predicted octanol–water partition coefficient (Wildman–Crippen LogP) is 5.98. The Bertz CT molecular complexity index is 1490. The number of hydrogen-bond acceptors (Lipinski definition) is 10. The summed E-state index contributed by atoms with van der Waals surface area (Å²) in [5.41, 5.74) is -1.41. The first kappa shape index (κ1) is 38.1. The molecular weight excluding hydrogens is 676 g/mol. The number of rotatable bonds is 6. The van der Waals surface area contributed by atoms with Crippen molar-refractivity contribution in [2.24, 2.45) is 45.3 Å². The van der Waals surface area contributed by atoms with Crippen molar-refractivity contribution in [2.75, 3.05) is 32.8 Å². The lowest BCUT2D eigenvalue weighted by Crippen LogP contribution is -2.64. The minimum Gasteiger partial charge on any atom is -0.457 e. The molecule has 0 aromatic carbocycles. The molecule has 1 N–H and O–H groups in total. The van der Waals surface area contributed by atoms with Crippen molar-refractivity contribution in [3.05, 3.63) is 0 Å². The van der Waals surface area contributed by atoms with Crippen LogP contribution < -0.4 is 0 Å². The van der Waals surface area contributed by atoms with Crippen LogP contribution in [0.2, 0.25) is 0 Å². The fraction of sp³-hybridized carbons (Fsp3) is 0.929. The summed E-state index contributed by atoms with van der Waals surface area (Å²) in [7, 11) is 0. The maximum Gasteiger partial charge on any atom is 0.410 e. The SMILES string of the molecule is CC(=O)O[C@@H](C1CCC2C(O1)C(=O)C1C3CCC4C(C)(C)[C@@H](OC5CN(C6CN(C(=O)OC(C)(C)C)C6)CCO5)CC[C@@]45CC35CC[C@]21C)C(C)(C)O.[HH]. The maximum absolute atomic E-state index is 14.6. The molecule has 3 saturated heterocycles. The van der Waals surface area contributed by atoms with Crippen LogP contribution in [0.3, 0.4) is 0 Å². The lowest BCUT2D eigenvalue weighted by Gasteiger charge is -2.59. The third-order valence-electron chi connectivity index (χ3n) is 16.1. The summed E-state index contributed by atoms with van der Waals surface area (Å²) < 4.78 is 31.0. The van der Waals surface area contributed by atoms with Gasteiger partial charge in [-0.05, 0) is 132 Å². The third kappa shape index (κ3) is 6.02. The van der Waals surface area contributed by atoms with Crippen molar-refractivity contribution < 1.29 is 44.6 Å². The topological polar surface area (TPSA) is 124 Å². The Labute approximate surface area is 318 Å². The Balaban J connectivity index is 0.00000450. The number of fused-ring (bicyclic) bond motifs is 4. The number of likely N-dealkylation sites (tertiary alicyclic amines) is 1. The summed E-state index contributed by atoms with van der Waals surface area (Å²) in [5, 5.41) is 10.9. The number of carbonyl (C=O) groups excluding carboxylic acids is 3. The van der Waals surface area contributed by atoms with Gasteiger partial charge in [0, 0.05) is 39.9 Å². The Hall–Kier alpha value is -1.79. The number of ketones is 1. The van der Waals surface area contributed by atoms with Crippen molar-refractivity contribution in [1.82, 2.24) is 9.80 Å². The number of morpholine rings is 1. The van der Waals surface area contributed by atoms with E-state index in [4.69, 9.17) is 23.7 Å². The molecule has 0 aromatic rings. The average Bonchev–Trinajstić information content (AvgIpc) is 3.64. The minimum absolute atomic E-state index is 0. The Morgan fingerprint density at radius 2 is 1.66 bits per heavy atom. The van der Waals surface area contributed by atoms with Gasteiger partial charge in [-0.15, -0.1) is 0 Å². The van der Waals surface area contributed by atoms with E-state index in [0.29, 0.717) is 50.5 Å². The van der Waals surface area contributed by atoms with E-state index in [-0.39, 0.29) is 59.2 Å². The van der Waals surface area contributed by atoms with Crippen LogP contribution in [0.1, 0.15) is 122 Å². The normalized spacial score (nSPS) is 44.3. The van der Waals surface area contributed by atoms with E-state index in [9.17, 15) is 19.5 Å². The number of aliphatic hydroxyl groups is 1. The number of esters is 1. The molecule has 0 bridgehead atoms. The first-order valence-corrected chi connectivity index (χ1v) is 20.8. The maximum atomic E-state index is 14.6. The van der Waals surface area contributed by atoms with Gasteiger partial charge in [0.25, 0.3) is 0 Å². The molecule has 11 heteroatoms. The van der Waals surface area contributed by atoms with Gasteiger partial charge in [0.05, 0.1) is 31.0 Å². The Morgan fingerprint density at radius 3 is 2.34 bits per heavy atom. The molecule has 1 amide bonds. The highest BCUT2D eigenvalue weighted by atomic mass is 16.7. The zero-order valence-corrected chi connectivity index (χ0v) is 33.8. The molecule has 5 aliphatic carbocycles. The highest BCUT2D eigenvalue weighted by Crippen LogP contribution is 2.87. The first-order chi connectivity index (χ1) is 24.7. The second kappa shape index (κ2) is 12.6. The van der Waals surface area contributed by atoms with E-state index in [0.717, 1.165) is 45.1 Å². The highest BCUT2D eigenvalue weighted by Gasteiger charge is 2.82. The molecule has 8 aliphatic rings. The standard InChI is InChI=1S/C42H66N2O9.H2/c1-24(45)50-35(39(7,8)48)28-12-10-27-34(51-28)33(46)32-26-11-13-29-38(5,6)30(14-15-42(29)23-41(26,42)17-16-40(27,32)9)52-31-22-43(18-19-49-31)25-20-44(21-25)36(47)53-37(2,3)4;/h25-32,34-35,48H,10-23H2,1-9H3;1H/t26?,27?,28?,29?,30-,31?,32?,34?,35-,40+,41?,42+;/m0./s1. The molecule has 8 unspecified atom stereocenters. The van der Waals surface area contributed by atoms with Crippen LogP contribution >= 0.6 is 0 Å². The number of hydrogen-bond donors (Lipinski definition) is 1. The first-order valence-electron chi connectivity index (χ1n) is 20.8. The minimum atomic E-state index is -1.27. The molecule has 8 fully saturated rings. The largest absolute Gasteiger partial charge is 0.457 e. The molecule has 3 heterocycles. The van der Waals surface area contributed by atoms with Crippen LogP contribution in [-0.4, -0.2) is 113 Å². The summed E-state index contributed by atoms with van der Waals surface area (Å²) >= 11 is 0. The summed E-state index contributed by atoms with van der Waals surface area (Å²) in [5.74, 6) is 0.895. The molecule has 12 atom stereocenters. The van der Waals surface area contributed by atoms with E-state index < -0.39 is 35.5 Å². The van der Waals surface area contributed by atoms with Gasteiger partial charge < -0.3 is 33.7 Å². The summed E-state index contributed by atoms with van der Waals surface area (Å²) in [6.45, 7) is 21.1.